The predicted octanol–water partition coefficient (Wildman–Crippen LogP) is 3.64. The van der Waals surface area contributed by atoms with Crippen molar-refractivity contribution in [3.05, 3.63) is 42.1 Å². The van der Waals surface area contributed by atoms with Gasteiger partial charge in [0.1, 0.15) is 6.33 Å². The van der Waals surface area contributed by atoms with Crippen LogP contribution in [-0.2, 0) is 0 Å². The lowest BCUT2D eigenvalue weighted by Crippen LogP contribution is -2.25. The van der Waals surface area contributed by atoms with Gasteiger partial charge >= 0.3 is 0 Å². The van der Waals surface area contributed by atoms with Crippen molar-refractivity contribution in [1.29, 1.82) is 0 Å². The highest BCUT2D eigenvalue weighted by Crippen LogP contribution is 2.38. The molecular weight excluding hydrogens is 382 g/mol. The van der Waals surface area contributed by atoms with E-state index in [1.807, 2.05) is 43.4 Å². The number of benzene rings is 1. The second-order valence-corrected chi connectivity index (χ2v) is 12.1. The van der Waals surface area contributed by atoms with Crippen molar-refractivity contribution in [3.63, 3.8) is 0 Å². The van der Waals surface area contributed by atoms with Gasteiger partial charge in [-0.15, -0.1) is 0 Å². The smallest absolute Gasteiger partial charge is 0.229 e. The second-order valence-electron chi connectivity index (χ2n) is 8.23. The summed E-state index contributed by atoms with van der Waals surface area (Å²) in [6.45, 7) is 6.04. The third-order valence-electron chi connectivity index (χ3n) is 5.77. The molecule has 0 aliphatic carbocycles. The van der Waals surface area contributed by atoms with Crippen LogP contribution in [0.15, 0.2) is 30.9 Å². The molecule has 1 fully saturated rings. The van der Waals surface area contributed by atoms with E-state index < -0.39 is 8.32 Å². The van der Waals surface area contributed by atoms with Gasteiger partial charge in [0.05, 0.1) is 22.6 Å². The predicted molar refractivity (Wildman–Crippen MR) is 115 cm³/mol. The fourth-order valence-electron chi connectivity index (χ4n) is 4.17. The maximum Gasteiger partial charge on any atom is 0.229 e. The first-order valence-electron chi connectivity index (χ1n) is 9.81. The first kappa shape index (κ1) is 18.1. The topological polar surface area (TPSA) is 102 Å². The maximum absolute atomic E-state index is 10.5. The van der Waals surface area contributed by atoms with Gasteiger partial charge in [-0.1, -0.05) is 0 Å². The van der Waals surface area contributed by atoms with Crippen LogP contribution in [0.5, 0.6) is 0 Å². The molecule has 148 valence electrons. The number of aryl methyl sites for hydroxylation is 2. The van der Waals surface area contributed by atoms with E-state index in [4.69, 9.17) is 10.1 Å². The Labute approximate surface area is 169 Å². The number of aromatic nitrogens is 6. The van der Waals surface area contributed by atoms with E-state index >= 15 is 0 Å². The lowest BCUT2D eigenvalue weighted by molar-refractivity contribution is 0.495. The van der Waals surface area contributed by atoms with Crippen molar-refractivity contribution in [2.75, 3.05) is 5.32 Å². The lowest BCUT2D eigenvalue weighted by Gasteiger charge is -2.14. The maximum atomic E-state index is 10.5. The number of anilines is 2. The monoisotopic (exact) mass is 405 g/mol. The first-order valence-corrected chi connectivity index (χ1v) is 12.7. The van der Waals surface area contributed by atoms with E-state index in [0.29, 0.717) is 5.95 Å². The molecule has 1 saturated heterocycles. The zero-order valence-corrected chi connectivity index (χ0v) is 17.7. The molecule has 29 heavy (non-hydrogen) atoms. The third-order valence-corrected chi connectivity index (χ3v) is 8.48. The van der Waals surface area contributed by atoms with Gasteiger partial charge in [0.15, 0.2) is 14.0 Å². The average molecular weight is 406 g/mol. The van der Waals surface area contributed by atoms with E-state index in [-0.39, 0.29) is 6.04 Å². The Kier molecular flexibility index (Phi) is 4.11. The zero-order valence-electron chi connectivity index (χ0n) is 16.7. The summed E-state index contributed by atoms with van der Waals surface area (Å²) in [5, 5.41) is 9.98. The van der Waals surface area contributed by atoms with E-state index in [9.17, 15) is 4.80 Å². The largest absolute Gasteiger partial charge is 0.432 e. The molecule has 0 bridgehead atoms. The second kappa shape index (κ2) is 6.56. The molecule has 5 rings (SSSR count). The Morgan fingerprint density at radius 1 is 1.21 bits per heavy atom. The molecule has 3 aromatic heterocycles. The fraction of sp³-hybridized carbons (Fsp3) is 0.350. The Hall–Kier alpha value is -2.91. The highest BCUT2D eigenvalue weighted by atomic mass is 28.4. The summed E-state index contributed by atoms with van der Waals surface area (Å²) in [4.78, 5) is 28.2. The quantitative estimate of drug-likeness (QED) is 0.502. The van der Waals surface area contributed by atoms with Crippen molar-refractivity contribution >= 4 is 41.9 Å². The van der Waals surface area contributed by atoms with Crippen LogP contribution in [0.25, 0.3) is 21.9 Å². The van der Waals surface area contributed by atoms with E-state index in [1.165, 1.54) is 0 Å². The molecule has 1 aromatic carbocycles. The zero-order chi connectivity index (χ0) is 20.2. The summed E-state index contributed by atoms with van der Waals surface area (Å²) in [6, 6.07) is 5.97. The van der Waals surface area contributed by atoms with Crippen LogP contribution in [0.1, 0.15) is 23.7 Å². The van der Waals surface area contributed by atoms with Crippen LogP contribution < -0.4 is 5.32 Å². The first-order chi connectivity index (χ1) is 13.9. The van der Waals surface area contributed by atoms with E-state index in [0.717, 1.165) is 57.4 Å². The molecule has 0 saturated carbocycles. The number of rotatable bonds is 3. The van der Waals surface area contributed by atoms with Crippen molar-refractivity contribution in [1.82, 2.24) is 29.7 Å². The Morgan fingerprint density at radius 3 is 2.86 bits per heavy atom. The average Bonchev–Trinajstić information content (AvgIpc) is 3.21. The Bertz CT molecular complexity index is 1240. The van der Waals surface area contributed by atoms with Gasteiger partial charge in [-0.3, -0.25) is 0 Å². The summed E-state index contributed by atoms with van der Waals surface area (Å²) in [7, 11) is -2.10. The molecule has 9 heteroatoms. The normalized spacial score (nSPS) is 21.9. The molecular formula is C20H23N7OSi. The SMILES string of the molecule is Cc1cc2ncncc2cc1Nc1ncc2c(C)nn(C3CC[Si](C)(O)C3)c2n1. The number of fused-ring (bicyclic) bond motifs is 2. The Balaban J connectivity index is 1.53. The van der Waals surface area contributed by atoms with Crippen LogP contribution >= 0.6 is 0 Å². The molecule has 1 aliphatic heterocycles. The van der Waals surface area contributed by atoms with Crippen LogP contribution in [0.3, 0.4) is 0 Å². The van der Waals surface area contributed by atoms with Gasteiger partial charge < -0.3 is 10.1 Å². The minimum atomic E-state index is -2.10. The molecule has 2 N–H and O–H groups in total. The summed E-state index contributed by atoms with van der Waals surface area (Å²) >= 11 is 0. The fourth-order valence-corrected chi connectivity index (χ4v) is 6.72. The van der Waals surface area contributed by atoms with Gasteiger partial charge in [0.2, 0.25) is 5.95 Å². The van der Waals surface area contributed by atoms with Crippen molar-refractivity contribution < 1.29 is 4.80 Å². The van der Waals surface area contributed by atoms with Gasteiger partial charge in [-0.25, -0.2) is 19.6 Å². The number of nitrogens with one attached hydrogen (secondary N) is 1. The van der Waals surface area contributed by atoms with Crippen LogP contribution in [0.2, 0.25) is 18.6 Å². The minimum Gasteiger partial charge on any atom is -0.432 e. The van der Waals surface area contributed by atoms with Crippen LogP contribution in [-0.4, -0.2) is 42.8 Å². The molecule has 8 nitrogen and oxygen atoms in total. The van der Waals surface area contributed by atoms with Crippen LogP contribution in [0.4, 0.5) is 11.6 Å². The van der Waals surface area contributed by atoms with E-state index in [2.05, 4.69) is 20.3 Å². The molecule has 4 aromatic rings. The van der Waals surface area contributed by atoms with Crippen molar-refractivity contribution in [3.8, 4) is 0 Å². The molecule has 0 radical (unpaired) electrons. The summed E-state index contributed by atoms with van der Waals surface area (Å²) < 4.78 is 1.99. The molecule has 2 unspecified atom stereocenters. The van der Waals surface area contributed by atoms with Gasteiger partial charge in [-0.2, -0.15) is 10.1 Å². The van der Waals surface area contributed by atoms with Gasteiger partial charge in [0, 0.05) is 23.5 Å². The van der Waals surface area contributed by atoms with Gasteiger partial charge in [0.25, 0.3) is 0 Å². The molecule has 0 amide bonds. The number of hydrogen-bond donors (Lipinski definition) is 2. The van der Waals surface area contributed by atoms with E-state index in [1.54, 1.807) is 12.5 Å². The summed E-state index contributed by atoms with van der Waals surface area (Å²) in [5.41, 5.74) is 4.62. The highest BCUT2D eigenvalue weighted by Gasteiger charge is 2.38. The third kappa shape index (κ3) is 3.26. The van der Waals surface area contributed by atoms with Crippen molar-refractivity contribution in [2.45, 2.75) is 44.9 Å². The number of hydrogen-bond acceptors (Lipinski definition) is 7. The molecule has 0 spiro atoms. The van der Waals surface area contributed by atoms with Gasteiger partial charge in [-0.05, 0) is 56.6 Å². The van der Waals surface area contributed by atoms with Crippen molar-refractivity contribution in [2.24, 2.45) is 0 Å². The Morgan fingerprint density at radius 2 is 2.07 bits per heavy atom. The lowest BCUT2D eigenvalue weighted by atomic mass is 10.1. The molecule has 2 atom stereocenters. The molecule has 1 aliphatic rings. The highest BCUT2D eigenvalue weighted by molar-refractivity contribution is 6.72. The summed E-state index contributed by atoms with van der Waals surface area (Å²) in [6.07, 6.45) is 6.13. The van der Waals surface area contributed by atoms with Crippen LogP contribution in [0, 0.1) is 13.8 Å². The number of nitrogens with zero attached hydrogens (tertiary/aromatic N) is 6. The minimum absolute atomic E-state index is 0.204. The standard InChI is InChI=1S/C20H23N7OSi/c1-12-6-18-14(8-21-11-23-18)7-17(12)24-20-22-9-16-13(2)26-27(19(16)25-20)15-4-5-29(3,28)10-15/h6-9,11,15,28H,4-5,10H2,1-3H3,(H,22,24,25). The molecule has 4 heterocycles. The summed E-state index contributed by atoms with van der Waals surface area (Å²) in [5.74, 6) is 0.528.